The van der Waals surface area contributed by atoms with Gasteiger partial charge in [-0.05, 0) is 36.8 Å². The molecule has 0 heterocycles. The van der Waals surface area contributed by atoms with Crippen LogP contribution in [0.15, 0.2) is 53.4 Å². The Hall–Kier alpha value is -1.36. The van der Waals surface area contributed by atoms with Crippen LogP contribution in [0.5, 0.6) is 0 Å². The van der Waals surface area contributed by atoms with E-state index in [2.05, 4.69) is 0 Å². The third-order valence-corrected chi connectivity index (χ3v) is 7.29. The fourth-order valence-electron chi connectivity index (χ4n) is 2.65. The van der Waals surface area contributed by atoms with Crippen molar-refractivity contribution < 1.29 is 13.2 Å². The van der Waals surface area contributed by atoms with Gasteiger partial charge in [0.1, 0.15) is 10.5 Å². The molecule has 2 aromatic carbocycles. The van der Waals surface area contributed by atoms with Crippen LogP contribution in [-0.2, 0) is 19.4 Å². The molecule has 0 saturated heterocycles. The van der Waals surface area contributed by atoms with Crippen molar-refractivity contribution in [2.24, 2.45) is 5.92 Å². The first kappa shape index (κ1) is 20.0. The Morgan fingerprint density at radius 2 is 1.68 bits per heavy atom. The number of rotatable bonds is 6. The number of ketones is 1. The molecule has 0 saturated carbocycles. The van der Waals surface area contributed by atoms with Crippen molar-refractivity contribution >= 4 is 38.8 Å². The van der Waals surface area contributed by atoms with Gasteiger partial charge in [0.25, 0.3) is 0 Å². The lowest BCUT2D eigenvalue weighted by molar-refractivity contribution is -0.122. The topological polar surface area (TPSA) is 51.2 Å². The van der Waals surface area contributed by atoms with Crippen LogP contribution in [0.1, 0.15) is 32.8 Å². The van der Waals surface area contributed by atoms with E-state index < -0.39 is 14.6 Å². The van der Waals surface area contributed by atoms with E-state index in [1.54, 1.807) is 51.1 Å². The van der Waals surface area contributed by atoms with Crippen LogP contribution in [0.2, 0.25) is 10.0 Å². The van der Waals surface area contributed by atoms with Crippen molar-refractivity contribution in [1.29, 1.82) is 0 Å². The Morgan fingerprint density at radius 1 is 1.08 bits per heavy atom. The predicted octanol–water partition coefficient (Wildman–Crippen LogP) is 5.30. The minimum atomic E-state index is -3.87. The average molecular weight is 399 g/mol. The molecule has 2 rings (SSSR count). The van der Waals surface area contributed by atoms with Crippen LogP contribution in [0.4, 0.5) is 0 Å². The van der Waals surface area contributed by atoms with Gasteiger partial charge < -0.3 is 0 Å². The summed E-state index contributed by atoms with van der Waals surface area (Å²) in [7, 11) is -3.87. The molecule has 25 heavy (non-hydrogen) atoms. The summed E-state index contributed by atoms with van der Waals surface area (Å²) in [4.78, 5) is 12.6. The number of halogens is 2. The predicted molar refractivity (Wildman–Crippen MR) is 102 cm³/mol. The van der Waals surface area contributed by atoms with E-state index in [0.29, 0.717) is 10.6 Å². The Balaban J connectivity index is 2.70. The van der Waals surface area contributed by atoms with Crippen molar-refractivity contribution in [3.05, 3.63) is 64.1 Å². The van der Waals surface area contributed by atoms with E-state index >= 15 is 0 Å². The van der Waals surface area contributed by atoms with Gasteiger partial charge in [0, 0.05) is 22.4 Å². The quantitative estimate of drug-likeness (QED) is 0.663. The highest BCUT2D eigenvalue weighted by molar-refractivity contribution is 7.92. The third kappa shape index (κ3) is 3.91. The van der Waals surface area contributed by atoms with Crippen molar-refractivity contribution in [2.75, 3.05) is 0 Å². The normalized spacial score (nSPS) is 14.3. The molecule has 0 aromatic heterocycles. The maximum Gasteiger partial charge on any atom is 0.188 e. The molecular formula is C19H20Cl2O3S. The number of Topliss-reactive ketones (excluding diaryl/α,β-unsaturated/α-hetero) is 1. The van der Waals surface area contributed by atoms with Crippen LogP contribution < -0.4 is 0 Å². The highest BCUT2D eigenvalue weighted by atomic mass is 35.5. The lowest BCUT2D eigenvalue weighted by Gasteiger charge is -2.31. The number of benzene rings is 2. The third-order valence-electron chi connectivity index (χ3n) is 4.30. The van der Waals surface area contributed by atoms with Crippen molar-refractivity contribution in [2.45, 2.75) is 36.8 Å². The maximum absolute atomic E-state index is 13.4. The first-order valence-corrected chi connectivity index (χ1v) is 10.1. The van der Waals surface area contributed by atoms with Crippen molar-refractivity contribution in [1.82, 2.24) is 0 Å². The van der Waals surface area contributed by atoms with E-state index in [0.717, 1.165) is 0 Å². The molecular weight excluding hydrogens is 379 g/mol. The second-order valence-electron chi connectivity index (χ2n) is 6.47. The van der Waals surface area contributed by atoms with Crippen LogP contribution >= 0.6 is 23.2 Å². The van der Waals surface area contributed by atoms with Gasteiger partial charge in [0.2, 0.25) is 0 Å². The fraction of sp³-hybridized carbons (Fsp3) is 0.316. The van der Waals surface area contributed by atoms with Crippen LogP contribution in [0, 0.1) is 5.92 Å². The Kier molecular flexibility index (Phi) is 5.97. The molecule has 3 nitrogen and oxygen atoms in total. The summed E-state index contributed by atoms with van der Waals surface area (Å²) >= 11 is 12.3. The molecule has 1 atom stereocenters. The summed E-state index contributed by atoms with van der Waals surface area (Å²) < 4.78 is 25.3. The number of hydrogen-bond donors (Lipinski definition) is 0. The summed E-state index contributed by atoms with van der Waals surface area (Å²) in [5.41, 5.74) is 0.372. The van der Waals surface area contributed by atoms with Gasteiger partial charge in [-0.1, -0.05) is 61.3 Å². The Morgan fingerprint density at radius 3 is 2.20 bits per heavy atom. The minimum Gasteiger partial charge on any atom is -0.299 e. The largest absolute Gasteiger partial charge is 0.299 e. The zero-order chi connectivity index (χ0) is 18.8. The number of hydrogen-bond acceptors (Lipinski definition) is 3. The van der Waals surface area contributed by atoms with Gasteiger partial charge in [-0.15, -0.1) is 0 Å². The van der Waals surface area contributed by atoms with E-state index in [1.165, 1.54) is 18.2 Å². The molecule has 0 aliphatic rings. The van der Waals surface area contributed by atoms with Crippen LogP contribution in [0.25, 0.3) is 0 Å². The zero-order valence-electron chi connectivity index (χ0n) is 14.3. The van der Waals surface area contributed by atoms with Gasteiger partial charge in [-0.25, -0.2) is 8.42 Å². The Labute approximate surface area is 158 Å². The second-order valence-corrected chi connectivity index (χ2v) is 9.69. The van der Waals surface area contributed by atoms with Gasteiger partial charge in [-0.3, -0.25) is 4.79 Å². The molecule has 0 radical (unpaired) electrons. The molecule has 0 aliphatic carbocycles. The molecule has 0 bridgehead atoms. The van der Waals surface area contributed by atoms with Gasteiger partial charge in [-0.2, -0.15) is 0 Å². The maximum atomic E-state index is 13.4. The van der Waals surface area contributed by atoms with E-state index in [-0.39, 0.29) is 28.0 Å². The molecule has 0 spiro atoms. The second kappa shape index (κ2) is 7.48. The fourth-order valence-corrected chi connectivity index (χ4v) is 5.16. The summed E-state index contributed by atoms with van der Waals surface area (Å²) in [6.07, 6.45) is -0.163. The van der Waals surface area contributed by atoms with Crippen LogP contribution in [-0.4, -0.2) is 14.2 Å². The monoisotopic (exact) mass is 398 g/mol. The molecule has 0 N–H and O–H groups in total. The number of carbonyl (C=O) groups excluding carboxylic acids is 1. The van der Waals surface area contributed by atoms with Crippen molar-refractivity contribution in [3.8, 4) is 0 Å². The minimum absolute atomic E-state index is 0.145. The molecule has 0 amide bonds. The van der Waals surface area contributed by atoms with Gasteiger partial charge in [0.05, 0.1) is 4.90 Å². The van der Waals surface area contributed by atoms with Gasteiger partial charge in [0.15, 0.2) is 9.84 Å². The lowest BCUT2D eigenvalue weighted by Crippen LogP contribution is -2.36. The van der Waals surface area contributed by atoms with E-state index in [1.807, 2.05) is 0 Å². The first-order chi connectivity index (χ1) is 11.6. The first-order valence-electron chi connectivity index (χ1n) is 7.87. The molecule has 0 fully saturated rings. The SMILES string of the molecule is CC(C)C(=O)CC(C)(c1ccc(Cl)cc1Cl)S(=O)(=O)c1ccccc1. The molecule has 1 unspecified atom stereocenters. The molecule has 0 aliphatic heterocycles. The van der Waals surface area contributed by atoms with Gasteiger partial charge >= 0.3 is 0 Å². The smallest absolute Gasteiger partial charge is 0.188 e. The molecule has 2 aromatic rings. The number of sulfone groups is 1. The average Bonchev–Trinajstić information content (AvgIpc) is 2.55. The lowest BCUT2D eigenvalue weighted by atomic mass is 9.91. The highest BCUT2D eigenvalue weighted by Gasteiger charge is 2.45. The number of carbonyl (C=O) groups is 1. The molecule has 6 heteroatoms. The molecule has 134 valence electrons. The Bertz CT molecular complexity index is 877. The standard InChI is InChI=1S/C19H20Cl2O3S/c1-13(2)18(22)12-19(3,16-10-9-14(20)11-17(16)21)25(23,24)15-7-5-4-6-8-15/h4-11,13H,12H2,1-3H3. The van der Waals surface area contributed by atoms with Crippen LogP contribution in [0.3, 0.4) is 0 Å². The summed E-state index contributed by atoms with van der Waals surface area (Å²) in [6.45, 7) is 5.05. The summed E-state index contributed by atoms with van der Waals surface area (Å²) in [6, 6.07) is 12.8. The van der Waals surface area contributed by atoms with E-state index in [9.17, 15) is 13.2 Å². The van der Waals surface area contributed by atoms with Crippen molar-refractivity contribution in [3.63, 3.8) is 0 Å². The zero-order valence-corrected chi connectivity index (χ0v) is 16.6. The van der Waals surface area contributed by atoms with E-state index in [4.69, 9.17) is 23.2 Å². The summed E-state index contributed by atoms with van der Waals surface area (Å²) in [5.74, 6) is -0.426. The highest BCUT2D eigenvalue weighted by Crippen LogP contribution is 2.42. The summed E-state index contributed by atoms with van der Waals surface area (Å²) in [5, 5.41) is 0.634.